The van der Waals surface area contributed by atoms with Crippen molar-refractivity contribution in [3.63, 3.8) is 0 Å². The van der Waals surface area contributed by atoms with Gasteiger partial charge in [-0.15, -0.1) is 6.10 Å². The Morgan fingerprint density at radius 1 is 0.646 bits per heavy atom. The van der Waals surface area contributed by atoms with E-state index in [9.17, 15) is 14.6 Å². The van der Waals surface area contributed by atoms with Crippen LogP contribution >= 0.6 is 7.82 Å². The molecule has 0 bridgehead atoms. The molecule has 0 radical (unpaired) electrons. The van der Waals surface area contributed by atoms with E-state index in [0.29, 0.717) is 39.3 Å². The predicted octanol–water partition coefficient (Wildman–Crippen LogP) is 3.53. The van der Waals surface area contributed by atoms with Crippen LogP contribution in [-0.4, -0.2) is 53.8 Å². The number of pyridine rings is 4. The van der Waals surface area contributed by atoms with Gasteiger partial charge in [-0.25, -0.2) is 0 Å². The molecule has 0 amide bonds. The minimum atomic E-state index is -4.65. The van der Waals surface area contributed by atoms with Gasteiger partial charge in [0, 0.05) is 51.0 Å². The summed E-state index contributed by atoms with van der Waals surface area (Å²) in [7, 11) is -4.65. The Labute approximate surface area is 307 Å². The van der Waals surface area contributed by atoms with Crippen molar-refractivity contribution in [2.24, 2.45) is 0 Å². The number of hydrogen-bond acceptors (Lipinski definition) is 10. The van der Waals surface area contributed by atoms with Crippen LogP contribution < -0.4 is 14.5 Å². The van der Waals surface area contributed by atoms with Crippen LogP contribution in [0.2, 0.25) is 0 Å². The van der Waals surface area contributed by atoms with E-state index in [4.69, 9.17) is 4.89 Å². The average Bonchev–Trinajstić information content (AvgIpc) is 3.04. The van der Waals surface area contributed by atoms with E-state index < -0.39 is 13.9 Å². The summed E-state index contributed by atoms with van der Waals surface area (Å²) in [4.78, 5) is 40.6. The number of rotatable bonds is 14. The summed E-state index contributed by atoms with van der Waals surface area (Å²) in [5.41, 5.74) is 4.73. The first-order chi connectivity index (χ1) is 22.2. The molecule has 0 saturated carbocycles. The van der Waals surface area contributed by atoms with Gasteiger partial charge in [-0.1, -0.05) is 42.0 Å². The third-order valence-electron chi connectivity index (χ3n) is 6.61. The van der Waals surface area contributed by atoms with Crippen molar-refractivity contribution < 1.29 is 62.9 Å². The summed E-state index contributed by atoms with van der Waals surface area (Å²) >= 11 is 0. The van der Waals surface area contributed by atoms with E-state index in [-0.39, 0.29) is 44.7 Å². The first kappa shape index (κ1) is 41.1. The number of hydrogen-bond donors (Lipinski definition) is 1. The van der Waals surface area contributed by atoms with Gasteiger partial charge >= 0.3 is 46.8 Å². The first-order valence-electron chi connectivity index (χ1n) is 14.7. The van der Waals surface area contributed by atoms with Gasteiger partial charge in [0.1, 0.15) is 5.75 Å². The summed E-state index contributed by atoms with van der Waals surface area (Å²) in [5.74, 6) is 0.112. The summed E-state index contributed by atoms with van der Waals surface area (Å²) < 4.78 is 14.5. The molecule has 0 fully saturated rings. The zero-order chi connectivity index (χ0) is 32.6. The van der Waals surface area contributed by atoms with Gasteiger partial charge in [-0.2, -0.15) is 0 Å². The molecule has 14 heteroatoms. The van der Waals surface area contributed by atoms with Crippen molar-refractivity contribution in [3.8, 4) is 5.75 Å². The van der Waals surface area contributed by atoms with Gasteiger partial charge in [-0.05, 0) is 80.7 Å². The molecule has 48 heavy (non-hydrogen) atoms. The van der Waals surface area contributed by atoms with Crippen molar-refractivity contribution in [2.75, 3.05) is 13.1 Å². The molecule has 0 aliphatic rings. The maximum atomic E-state index is 13.3. The molecular formula is C34H37N6O5PZn2+2. The molecule has 0 spiro atoms. The SMILES string of the molecule is Cc1ccc(OP(=O)([O-])O)cc1.[64Zn+2].[64Zn+2].[O-]C(CN(Cc1ccccn1)Cc1ccccn1)CN(Cc1ccccn1)Cc1ccccn1. The molecule has 0 aliphatic carbocycles. The fourth-order valence-corrected chi connectivity index (χ4v) is 5.01. The van der Waals surface area contributed by atoms with Crippen LogP contribution in [0.1, 0.15) is 28.3 Å². The van der Waals surface area contributed by atoms with E-state index >= 15 is 0 Å². The molecule has 240 valence electrons. The molecule has 5 aromatic rings. The normalized spacial score (nSPS) is 11.9. The Kier molecular flexibility index (Phi) is 18.6. The molecule has 0 saturated heterocycles. The fourth-order valence-electron chi connectivity index (χ4n) is 4.62. The Morgan fingerprint density at radius 2 is 0.979 bits per heavy atom. The molecule has 4 heterocycles. The van der Waals surface area contributed by atoms with Crippen LogP contribution in [-0.2, 0) is 69.7 Å². The van der Waals surface area contributed by atoms with Crippen LogP contribution in [0.4, 0.5) is 0 Å². The van der Waals surface area contributed by atoms with Crippen LogP contribution in [0, 0.1) is 6.92 Å². The zero-order valence-corrected chi connectivity index (χ0v) is 33.8. The number of benzene rings is 1. The van der Waals surface area contributed by atoms with Gasteiger partial charge in [0.05, 0.1) is 22.8 Å². The smallest absolute Gasteiger partial charge is 0.850 e. The standard InChI is InChI=1S/C27H29N6O.C7H9O4P.2Zn/c34-27(21-32(17-23-9-1-5-13-28-23)18-24-10-2-6-14-29-24)22-33(19-25-11-3-7-15-30-25)20-26-12-4-8-16-31-26;1-6-2-4-7(5-3-6)11-12(8,9)10;;/h1-16,27H,17-22H2;2-5H,1H3,(H2,8,9,10);;/q-1;;2*+2/p-1/i;;2*1-1. The van der Waals surface area contributed by atoms with Gasteiger partial charge in [0.25, 0.3) is 0 Å². The minimum Gasteiger partial charge on any atom is -0.850 e. The first-order valence-corrected chi connectivity index (χ1v) is 16.2. The number of nitrogens with zero attached hydrogens (tertiary/aromatic N) is 6. The number of phosphoric ester groups is 1. The van der Waals surface area contributed by atoms with Crippen molar-refractivity contribution in [1.82, 2.24) is 29.7 Å². The topological polar surface area (TPSA) is 151 Å². The molecule has 1 atom stereocenters. The van der Waals surface area contributed by atoms with Crippen molar-refractivity contribution >= 4 is 7.82 Å². The Hall–Kier alpha value is -3.10. The van der Waals surface area contributed by atoms with Gasteiger partial charge in [0.2, 0.25) is 0 Å². The van der Waals surface area contributed by atoms with E-state index in [2.05, 4.69) is 34.3 Å². The summed E-state index contributed by atoms with van der Waals surface area (Å²) in [6.07, 6.45) is 6.31. The number of phosphoric acid groups is 1. The van der Waals surface area contributed by atoms with E-state index in [1.54, 1.807) is 36.9 Å². The number of aromatic nitrogens is 4. The van der Waals surface area contributed by atoms with E-state index in [0.717, 1.165) is 28.3 Å². The van der Waals surface area contributed by atoms with Gasteiger partial charge < -0.3 is 19.4 Å². The largest absolute Gasteiger partial charge is 2.00 e. The van der Waals surface area contributed by atoms with Gasteiger partial charge in [0.15, 0.2) is 0 Å². The second kappa shape index (κ2) is 21.8. The Balaban J connectivity index is 0.000000486. The summed E-state index contributed by atoms with van der Waals surface area (Å²) in [5, 5.41) is 13.3. The zero-order valence-electron chi connectivity index (χ0n) is 27.0. The molecule has 11 nitrogen and oxygen atoms in total. The van der Waals surface area contributed by atoms with Crippen LogP contribution in [0.5, 0.6) is 5.75 Å². The molecule has 1 N–H and O–H groups in total. The second-order valence-electron chi connectivity index (χ2n) is 10.6. The Morgan fingerprint density at radius 3 is 1.25 bits per heavy atom. The predicted molar refractivity (Wildman–Crippen MR) is 171 cm³/mol. The molecule has 5 rings (SSSR count). The summed E-state index contributed by atoms with van der Waals surface area (Å²) in [6.45, 7) is 5.00. The Bertz CT molecular complexity index is 1440. The fraction of sp³-hybridized carbons (Fsp3) is 0.235. The van der Waals surface area contributed by atoms with Crippen LogP contribution in [0.15, 0.2) is 122 Å². The summed E-state index contributed by atoms with van der Waals surface area (Å²) in [6, 6.07) is 29.7. The van der Waals surface area contributed by atoms with Gasteiger partial charge in [-0.3, -0.25) is 34.3 Å². The van der Waals surface area contributed by atoms with E-state index in [1.165, 1.54) is 12.1 Å². The quantitative estimate of drug-likeness (QED) is 0.131. The van der Waals surface area contributed by atoms with Crippen molar-refractivity contribution in [2.45, 2.75) is 39.2 Å². The van der Waals surface area contributed by atoms with Crippen LogP contribution in [0.25, 0.3) is 0 Å². The van der Waals surface area contributed by atoms with Crippen molar-refractivity contribution in [1.29, 1.82) is 0 Å². The third-order valence-corrected chi connectivity index (χ3v) is 7.05. The molecular weight excluding hydrogens is 731 g/mol. The maximum absolute atomic E-state index is 13.3. The number of aryl methyl sites for hydroxylation is 1. The molecule has 4 aromatic heterocycles. The van der Waals surface area contributed by atoms with Crippen LogP contribution in [0.3, 0.4) is 0 Å². The van der Waals surface area contributed by atoms with E-state index in [1.807, 2.05) is 79.7 Å². The monoisotopic (exact) mass is 768 g/mol. The second-order valence-corrected chi connectivity index (χ2v) is 11.7. The average molecular weight is 769 g/mol. The molecule has 1 unspecified atom stereocenters. The maximum Gasteiger partial charge on any atom is 2.00 e. The van der Waals surface area contributed by atoms with Crippen molar-refractivity contribution in [3.05, 3.63) is 150 Å². The third kappa shape index (κ3) is 16.3. The minimum absolute atomic E-state index is 0. The molecule has 1 aromatic carbocycles. The molecule has 0 aliphatic heterocycles.